The molecule has 3 rings (SSSR count). The lowest BCUT2D eigenvalue weighted by Crippen LogP contribution is -2.19. The van der Waals surface area contributed by atoms with Crippen LogP contribution in [0, 0.1) is 6.92 Å². The molecular formula is C16H17ClN2O3S3. The van der Waals surface area contributed by atoms with Gasteiger partial charge in [0.1, 0.15) is 4.21 Å². The number of fused-ring (bicyclic) bond motifs is 1. The fraction of sp³-hybridized carbons (Fsp3) is 0.312. The van der Waals surface area contributed by atoms with E-state index in [1.807, 2.05) is 36.6 Å². The Morgan fingerprint density at radius 3 is 2.72 bits per heavy atom. The number of thiazole rings is 1. The standard InChI is InChI=1S/C16H17ClN2O3S3/c1-3-22-9-8-19-12-5-4-11(2)10-13(12)23-16(19)18-25(20,21)15-7-6-14(17)24-15/h4-7,10H,3,8-9H2,1-2H3. The van der Waals surface area contributed by atoms with Crippen molar-refractivity contribution in [2.75, 3.05) is 13.2 Å². The average molecular weight is 417 g/mol. The third kappa shape index (κ3) is 4.15. The molecule has 5 nitrogen and oxygen atoms in total. The number of thiophene rings is 1. The lowest BCUT2D eigenvalue weighted by molar-refractivity contribution is 0.139. The minimum atomic E-state index is -3.80. The molecule has 134 valence electrons. The molecule has 0 aliphatic carbocycles. The van der Waals surface area contributed by atoms with E-state index in [-0.39, 0.29) is 4.21 Å². The summed E-state index contributed by atoms with van der Waals surface area (Å²) < 4.78 is 38.1. The summed E-state index contributed by atoms with van der Waals surface area (Å²) in [5.41, 5.74) is 2.07. The van der Waals surface area contributed by atoms with Crippen molar-refractivity contribution >= 4 is 54.5 Å². The number of halogens is 1. The van der Waals surface area contributed by atoms with Crippen molar-refractivity contribution < 1.29 is 13.2 Å². The average Bonchev–Trinajstić information content (AvgIpc) is 3.12. The molecule has 2 aromatic heterocycles. The molecule has 2 heterocycles. The van der Waals surface area contributed by atoms with Crippen LogP contribution < -0.4 is 4.80 Å². The first kappa shape index (κ1) is 18.6. The summed E-state index contributed by atoms with van der Waals surface area (Å²) in [5, 5.41) is 0. The highest BCUT2D eigenvalue weighted by Gasteiger charge is 2.17. The third-order valence-corrected chi connectivity index (χ3v) is 7.62. The highest BCUT2D eigenvalue weighted by molar-refractivity contribution is 7.92. The van der Waals surface area contributed by atoms with E-state index < -0.39 is 10.0 Å². The lowest BCUT2D eigenvalue weighted by atomic mass is 10.2. The van der Waals surface area contributed by atoms with E-state index in [4.69, 9.17) is 16.3 Å². The highest BCUT2D eigenvalue weighted by Crippen LogP contribution is 2.27. The Hall–Kier alpha value is -1.19. The second-order valence-electron chi connectivity index (χ2n) is 5.33. The van der Waals surface area contributed by atoms with Gasteiger partial charge in [0.05, 0.1) is 21.2 Å². The van der Waals surface area contributed by atoms with Crippen molar-refractivity contribution in [1.29, 1.82) is 0 Å². The van der Waals surface area contributed by atoms with Crippen molar-refractivity contribution in [3.8, 4) is 0 Å². The minimum Gasteiger partial charge on any atom is -0.380 e. The normalized spacial score (nSPS) is 13.0. The van der Waals surface area contributed by atoms with E-state index in [1.165, 1.54) is 17.4 Å². The Morgan fingerprint density at radius 2 is 2.04 bits per heavy atom. The molecule has 0 aliphatic heterocycles. The van der Waals surface area contributed by atoms with E-state index >= 15 is 0 Å². The van der Waals surface area contributed by atoms with Crippen LogP contribution in [0.5, 0.6) is 0 Å². The summed E-state index contributed by atoms with van der Waals surface area (Å²) in [6, 6.07) is 9.06. The zero-order valence-electron chi connectivity index (χ0n) is 13.7. The summed E-state index contributed by atoms with van der Waals surface area (Å²) in [4.78, 5) is 0.435. The van der Waals surface area contributed by atoms with Crippen LogP contribution in [0.25, 0.3) is 10.2 Å². The van der Waals surface area contributed by atoms with Crippen LogP contribution in [-0.2, 0) is 21.3 Å². The van der Waals surface area contributed by atoms with Crippen LogP contribution in [-0.4, -0.2) is 26.2 Å². The van der Waals surface area contributed by atoms with Crippen molar-refractivity contribution in [3.63, 3.8) is 0 Å². The van der Waals surface area contributed by atoms with Gasteiger partial charge in [0.2, 0.25) is 4.80 Å². The number of ether oxygens (including phenoxy) is 1. The predicted molar refractivity (Wildman–Crippen MR) is 103 cm³/mol. The van der Waals surface area contributed by atoms with Crippen LogP contribution >= 0.6 is 34.3 Å². The number of rotatable bonds is 6. The molecule has 0 unspecified atom stereocenters. The molecule has 0 saturated carbocycles. The Morgan fingerprint density at radius 1 is 1.24 bits per heavy atom. The molecular weight excluding hydrogens is 400 g/mol. The van der Waals surface area contributed by atoms with Crippen molar-refractivity contribution in [1.82, 2.24) is 4.57 Å². The number of benzene rings is 1. The molecule has 9 heteroatoms. The lowest BCUT2D eigenvalue weighted by Gasteiger charge is -2.05. The van der Waals surface area contributed by atoms with Crippen LogP contribution in [0.1, 0.15) is 12.5 Å². The first-order valence-electron chi connectivity index (χ1n) is 7.65. The van der Waals surface area contributed by atoms with E-state index in [0.717, 1.165) is 27.1 Å². The third-order valence-electron chi connectivity index (χ3n) is 3.50. The Balaban J connectivity index is 2.15. The maximum atomic E-state index is 12.6. The van der Waals surface area contributed by atoms with Gasteiger partial charge in [-0.25, -0.2) is 0 Å². The molecule has 0 fully saturated rings. The Labute approximate surface area is 159 Å². The van der Waals surface area contributed by atoms with Crippen LogP contribution in [0.4, 0.5) is 0 Å². The monoisotopic (exact) mass is 416 g/mol. The summed E-state index contributed by atoms with van der Waals surface area (Å²) in [5.74, 6) is 0. The van der Waals surface area contributed by atoms with Crippen molar-refractivity contribution in [3.05, 3.63) is 45.0 Å². The van der Waals surface area contributed by atoms with Gasteiger partial charge in [0.25, 0.3) is 10.0 Å². The number of aryl methyl sites for hydroxylation is 1. The molecule has 3 aromatic rings. The van der Waals surface area contributed by atoms with Gasteiger partial charge in [-0.2, -0.15) is 8.42 Å². The molecule has 0 spiro atoms. The number of hydrogen-bond acceptors (Lipinski definition) is 5. The summed E-state index contributed by atoms with van der Waals surface area (Å²) in [6.45, 7) is 5.58. The van der Waals surface area contributed by atoms with Crippen LogP contribution in [0.3, 0.4) is 0 Å². The van der Waals surface area contributed by atoms with Gasteiger partial charge in [0.15, 0.2) is 0 Å². The second-order valence-corrected chi connectivity index (χ2v) is 9.88. The first-order chi connectivity index (χ1) is 11.9. The van der Waals surface area contributed by atoms with Gasteiger partial charge in [-0.15, -0.1) is 15.7 Å². The molecule has 0 aliphatic rings. The van der Waals surface area contributed by atoms with Crippen molar-refractivity contribution in [2.24, 2.45) is 4.40 Å². The topological polar surface area (TPSA) is 60.7 Å². The van der Waals surface area contributed by atoms with Gasteiger partial charge < -0.3 is 9.30 Å². The Bertz CT molecular complexity index is 1060. The number of nitrogens with zero attached hydrogens (tertiary/aromatic N) is 2. The van der Waals surface area contributed by atoms with Crippen molar-refractivity contribution in [2.45, 2.75) is 24.6 Å². The zero-order valence-corrected chi connectivity index (χ0v) is 16.9. The van der Waals surface area contributed by atoms with E-state index in [9.17, 15) is 8.42 Å². The zero-order chi connectivity index (χ0) is 18.0. The fourth-order valence-corrected chi connectivity index (χ4v) is 6.17. The van der Waals surface area contributed by atoms with Crippen LogP contribution in [0.15, 0.2) is 38.9 Å². The molecule has 0 amide bonds. The molecule has 25 heavy (non-hydrogen) atoms. The van der Waals surface area contributed by atoms with Gasteiger partial charge >= 0.3 is 0 Å². The number of sulfonamides is 1. The van der Waals surface area contributed by atoms with Gasteiger partial charge in [0, 0.05) is 13.2 Å². The summed E-state index contributed by atoms with van der Waals surface area (Å²) in [7, 11) is -3.80. The molecule has 0 N–H and O–H groups in total. The minimum absolute atomic E-state index is 0.141. The van der Waals surface area contributed by atoms with E-state index in [0.29, 0.717) is 28.9 Å². The van der Waals surface area contributed by atoms with Gasteiger partial charge in [-0.1, -0.05) is 29.0 Å². The molecule has 0 bridgehead atoms. The first-order valence-corrected chi connectivity index (χ1v) is 11.1. The highest BCUT2D eigenvalue weighted by atomic mass is 35.5. The van der Waals surface area contributed by atoms with E-state index in [1.54, 1.807) is 6.07 Å². The smallest absolute Gasteiger partial charge is 0.294 e. The number of aromatic nitrogens is 1. The second kappa shape index (κ2) is 7.59. The van der Waals surface area contributed by atoms with Gasteiger partial charge in [-0.3, -0.25) is 0 Å². The Kier molecular flexibility index (Phi) is 5.65. The summed E-state index contributed by atoms with van der Waals surface area (Å²) in [6.07, 6.45) is 0. The molecule has 0 atom stereocenters. The SMILES string of the molecule is CCOCCn1c(=NS(=O)(=O)c2ccc(Cl)s2)sc2cc(C)ccc21. The quantitative estimate of drug-likeness (QED) is 0.569. The molecule has 1 aromatic carbocycles. The maximum absolute atomic E-state index is 12.6. The predicted octanol–water partition coefficient (Wildman–Crippen LogP) is 4.05. The fourth-order valence-electron chi connectivity index (χ4n) is 2.35. The van der Waals surface area contributed by atoms with Crippen LogP contribution in [0.2, 0.25) is 4.34 Å². The number of hydrogen-bond donors (Lipinski definition) is 0. The molecule has 0 saturated heterocycles. The summed E-state index contributed by atoms with van der Waals surface area (Å²) >= 11 is 8.22. The van der Waals surface area contributed by atoms with E-state index in [2.05, 4.69) is 4.40 Å². The van der Waals surface area contributed by atoms with Gasteiger partial charge in [-0.05, 0) is 43.7 Å². The molecule has 0 radical (unpaired) electrons. The maximum Gasteiger partial charge on any atom is 0.294 e. The largest absolute Gasteiger partial charge is 0.380 e.